The van der Waals surface area contributed by atoms with Gasteiger partial charge in [0, 0.05) is 18.8 Å². The average molecular weight is 138 g/mol. The Morgan fingerprint density at radius 3 is 2.80 bits per heavy atom. The van der Waals surface area contributed by atoms with Crippen molar-refractivity contribution in [2.45, 2.75) is 6.92 Å². The molecule has 0 aliphatic rings. The third-order valence-electron chi connectivity index (χ3n) is 1.23. The minimum absolute atomic E-state index is 0.527. The zero-order valence-corrected chi connectivity index (χ0v) is 6.05. The van der Waals surface area contributed by atoms with Crippen molar-refractivity contribution in [2.24, 2.45) is 0 Å². The fourth-order valence-electron chi connectivity index (χ4n) is 0.576. The number of anilines is 2. The van der Waals surface area contributed by atoms with E-state index in [9.17, 15) is 0 Å². The van der Waals surface area contributed by atoms with Gasteiger partial charge in [-0.1, -0.05) is 0 Å². The van der Waals surface area contributed by atoms with Gasteiger partial charge in [0.25, 0.3) is 0 Å². The molecule has 0 bridgehead atoms. The molecule has 1 aromatic heterocycles. The van der Waals surface area contributed by atoms with Crippen LogP contribution in [-0.4, -0.2) is 17.0 Å². The molecule has 54 valence electrons. The van der Waals surface area contributed by atoms with Gasteiger partial charge < -0.3 is 11.1 Å². The van der Waals surface area contributed by atoms with E-state index in [1.165, 1.54) is 0 Å². The summed E-state index contributed by atoms with van der Waals surface area (Å²) in [4.78, 5) is 7.90. The van der Waals surface area contributed by atoms with Gasteiger partial charge in [-0.05, 0) is 6.92 Å². The first-order valence-electron chi connectivity index (χ1n) is 3.01. The maximum absolute atomic E-state index is 5.51. The van der Waals surface area contributed by atoms with Gasteiger partial charge in [-0.3, -0.25) is 0 Å². The second-order valence-corrected chi connectivity index (χ2v) is 2.01. The van der Waals surface area contributed by atoms with Crippen LogP contribution < -0.4 is 11.1 Å². The summed E-state index contributed by atoms with van der Waals surface area (Å²) in [5.74, 6) is 1.09. The van der Waals surface area contributed by atoms with Crippen molar-refractivity contribution >= 4 is 11.8 Å². The lowest BCUT2D eigenvalue weighted by atomic mass is 10.4. The molecule has 3 N–H and O–H groups in total. The van der Waals surface area contributed by atoms with Crippen LogP contribution >= 0.6 is 0 Å². The number of hydrogen-bond acceptors (Lipinski definition) is 4. The van der Waals surface area contributed by atoms with Crippen LogP contribution in [0.3, 0.4) is 0 Å². The Hall–Kier alpha value is -1.32. The summed E-state index contributed by atoms with van der Waals surface area (Å²) >= 11 is 0. The van der Waals surface area contributed by atoms with Gasteiger partial charge in [0.1, 0.15) is 5.82 Å². The van der Waals surface area contributed by atoms with E-state index in [1.807, 2.05) is 6.92 Å². The van der Waals surface area contributed by atoms with Crippen LogP contribution in [0.25, 0.3) is 0 Å². The van der Waals surface area contributed by atoms with E-state index in [0.717, 1.165) is 5.56 Å². The Morgan fingerprint density at radius 1 is 1.60 bits per heavy atom. The molecule has 0 aliphatic carbocycles. The Labute approximate surface area is 59.5 Å². The van der Waals surface area contributed by atoms with Gasteiger partial charge in [-0.25, -0.2) is 4.98 Å². The van der Waals surface area contributed by atoms with Gasteiger partial charge in [-0.15, -0.1) is 0 Å². The molecule has 0 spiro atoms. The van der Waals surface area contributed by atoms with Gasteiger partial charge in [0.15, 0.2) is 0 Å². The monoisotopic (exact) mass is 138 g/mol. The summed E-state index contributed by atoms with van der Waals surface area (Å²) in [6, 6.07) is 0. The Balaban J connectivity index is 3.04. The summed E-state index contributed by atoms with van der Waals surface area (Å²) in [6.45, 7) is 1.87. The predicted octanol–water partition coefficient (Wildman–Crippen LogP) is 0.409. The molecule has 0 saturated carbocycles. The first-order valence-corrected chi connectivity index (χ1v) is 3.01. The normalized spacial score (nSPS) is 9.40. The fraction of sp³-hybridized carbons (Fsp3) is 0.333. The highest BCUT2D eigenvalue weighted by Gasteiger charge is 1.95. The van der Waals surface area contributed by atoms with Gasteiger partial charge in [0.05, 0.1) is 0 Å². The standard InChI is InChI=1S/C6H10N4/c1-4-3-9-6(8-2)10-5(4)7/h3H,1-2H3,(H3,7,8,9,10). The molecule has 0 saturated heterocycles. The molecule has 0 atom stereocenters. The van der Waals surface area contributed by atoms with Crippen LogP contribution in [0.1, 0.15) is 5.56 Å². The molecule has 1 aromatic rings. The molecule has 0 aliphatic heterocycles. The molecule has 0 fully saturated rings. The van der Waals surface area contributed by atoms with E-state index in [2.05, 4.69) is 15.3 Å². The number of nitrogen functional groups attached to an aromatic ring is 1. The van der Waals surface area contributed by atoms with Crippen LogP contribution in [0.4, 0.5) is 11.8 Å². The minimum Gasteiger partial charge on any atom is -0.383 e. The van der Waals surface area contributed by atoms with Gasteiger partial charge in [0.2, 0.25) is 5.95 Å². The van der Waals surface area contributed by atoms with Crippen LogP contribution in [-0.2, 0) is 0 Å². The van der Waals surface area contributed by atoms with Gasteiger partial charge in [-0.2, -0.15) is 4.98 Å². The third-order valence-corrected chi connectivity index (χ3v) is 1.23. The zero-order valence-electron chi connectivity index (χ0n) is 6.05. The molecular weight excluding hydrogens is 128 g/mol. The molecular formula is C6H10N4. The average Bonchev–Trinajstić information content (AvgIpc) is 1.95. The van der Waals surface area contributed by atoms with E-state index < -0.39 is 0 Å². The number of rotatable bonds is 1. The summed E-state index contributed by atoms with van der Waals surface area (Å²) in [6.07, 6.45) is 1.69. The highest BCUT2D eigenvalue weighted by atomic mass is 15.1. The zero-order chi connectivity index (χ0) is 7.56. The Kier molecular flexibility index (Phi) is 1.71. The Morgan fingerprint density at radius 2 is 2.30 bits per heavy atom. The number of hydrogen-bond donors (Lipinski definition) is 2. The van der Waals surface area contributed by atoms with Gasteiger partial charge >= 0.3 is 0 Å². The third kappa shape index (κ3) is 1.15. The number of aryl methyl sites for hydroxylation is 1. The fourth-order valence-corrected chi connectivity index (χ4v) is 0.576. The number of aromatic nitrogens is 2. The number of nitrogens with one attached hydrogen (secondary N) is 1. The Bertz CT molecular complexity index is 233. The number of nitrogens with two attached hydrogens (primary N) is 1. The molecule has 0 radical (unpaired) electrons. The quantitative estimate of drug-likeness (QED) is 0.590. The first-order chi connectivity index (χ1) is 4.74. The molecule has 1 heterocycles. The van der Waals surface area contributed by atoms with E-state index in [1.54, 1.807) is 13.2 Å². The van der Waals surface area contributed by atoms with E-state index in [4.69, 9.17) is 5.73 Å². The second kappa shape index (κ2) is 2.51. The minimum atomic E-state index is 0.527. The predicted molar refractivity (Wildman–Crippen MR) is 40.7 cm³/mol. The van der Waals surface area contributed by atoms with E-state index >= 15 is 0 Å². The maximum atomic E-state index is 5.51. The van der Waals surface area contributed by atoms with Crippen molar-refractivity contribution in [1.82, 2.24) is 9.97 Å². The molecule has 1 rings (SSSR count). The summed E-state index contributed by atoms with van der Waals surface area (Å²) in [5.41, 5.74) is 6.41. The van der Waals surface area contributed by atoms with Crippen molar-refractivity contribution < 1.29 is 0 Å². The summed E-state index contributed by atoms with van der Waals surface area (Å²) < 4.78 is 0. The lowest BCUT2D eigenvalue weighted by molar-refractivity contribution is 1.13. The van der Waals surface area contributed by atoms with E-state index in [0.29, 0.717) is 11.8 Å². The molecule has 10 heavy (non-hydrogen) atoms. The molecule has 0 unspecified atom stereocenters. The lowest BCUT2D eigenvalue weighted by Gasteiger charge is -2.00. The number of nitrogens with zero attached hydrogens (tertiary/aromatic N) is 2. The van der Waals surface area contributed by atoms with Crippen LogP contribution in [0.5, 0.6) is 0 Å². The van der Waals surface area contributed by atoms with Crippen LogP contribution in [0, 0.1) is 6.92 Å². The van der Waals surface area contributed by atoms with E-state index in [-0.39, 0.29) is 0 Å². The van der Waals surface area contributed by atoms with Crippen LogP contribution in [0.2, 0.25) is 0 Å². The van der Waals surface area contributed by atoms with Crippen LogP contribution in [0.15, 0.2) is 6.20 Å². The van der Waals surface area contributed by atoms with Crippen molar-refractivity contribution in [3.8, 4) is 0 Å². The second-order valence-electron chi connectivity index (χ2n) is 2.01. The molecule has 4 nitrogen and oxygen atoms in total. The largest absolute Gasteiger partial charge is 0.383 e. The van der Waals surface area contributed by atoms with Crippen molar-refractivity contribution in [3.05, 3.63) is 11.8 Å². The maximum Gasteiger partial charge on any atom is 0.224 e. The molecule has 0 aromatic carbocycles. The van der Waals surface area contributed by atoms with Crippen molar-refractivity contribution in [3.63, 3.8) is 0 Å². The first kappa shape index (κ1) is 6.80. The molecule has 0 amide bonds. The SMILES string of the molecule is CNc1ncc(C)c(N)n1. The summed E-state index contributed by atoms with van der Waals surface area (Å²) in [5, 5.41) is 2.79. The highest BCUT2D eigenvalue weighted by molar-refractivity contribution is 5.41. The lowest BCUT2D eigenvalue weighted by Crippen LogP contribution is -2.01. The smallest absolute Gasteiger partial charge is 0.224 e. The van der Waals surface area contributed by atoms with Crippen molar-refractivity contribution in [2.75, 3.05) is 18.1 Å². The highest BCUT2D eigenvalue weighted by Crippen LogP contribution is 2.06. The molecule has 4 heteroatoms. The topological polar surface area (TPSA) is 63.8 Å². The summed E-state index contributed by atoms with van der Waals surface area (Å²) in [7, 11) is 1.75. The van der Waals surface area contributed by atoms with Crippen molar-refractivity contribution in [1.29, 1.82) is 0 Å².